The highest BCUT2D eigenvalue weighted by molar-refractivity contribution is 6.31. The molecule has 1 N–H and O–H groups in total. The number of aryl methyl sites for hydroxylation is 1. The van der Waals surface area contributed by atoms with Crippen LogP contribution in [0.2, 0.25) is 5.02 Å². The van der Waals surface area contributed by atoms with Gasteiger partial charge in [0.15, 0.2) is 5.69 Å². The Balaban J connectivity index is 1.26. The van der Waals surface area contributed by atoms with Crippen molar-refractivity contribution in [1.29, 1.82) is 0 Å². The van der Waals surface area contributed by atoms with Gasteiger partial charge < -0.3 is 9.73 Å². The minimum atomic E-state index is -4.65. The molecule has 32 heavy (non-hydrogen) atoms. The molecule has 1 amide bonds. The van der Waals surface area contributed by atoms with Crippen LogP contribution in [0.5, 0.6) is 0 Å². The van der Waals surface area contributed by atoms with Gasteiger partial charge in [0.1, 0.15) is 0 Å². The third-order valence-corrected chi connectivity index (χ3v) is 5.18. The van der Waals surface area contributed by atoms with Crippen molar-refractivity contribution >= 4 is 28.4 Å². The molecule has 0 radical (unpaired) electrons. The van der Waals surface area contributed by atoms with Gasteiger partial charge in [-0.25, -0.2) is 0 Å². The Kier molecular flexibility index (Phi) is 6.11. The van der Waals surface area contributed by atoms with E-state index >= 15 is 0 Å². The number of amides is 1. The summed E-state index contributed by atoms with van der Waals surface area (Å²) in [6.07, 6.45) is -4.56. The molecule has 0 aliphatic heterocycles. The Morgan fingerprint density at radius 1 is 1.22 bits per heavy atom. The van der Waals surface area contributed by atoms with E-state index in [1.54, 1.807) is 24.3 Å². The summed E-state index contributed by atoms with van der Waals surface area (Å²) in [6, 6.07) is 6.68. The summed E-state index contributed by atoms with van der Waals surface area (Å²) < 4.78 is 46.1. The largest absolute Gasteiger partial charge is 0.522 e. The first-order chi connectivity index (χ1) is 15.2. The van der Waals surface area contributed by atoms with Gasteiger partial charge >= 0.3 is 6.36 Å². The first-order valence-corrected chi connectivity index (χ1v) is 10.0. The quantitative estimate of drug-likeness (QED) is 0.551. The summed E-state index contributed by atoms with van der Waals surface area (Å²) in [5.41, 5.74) is 1.11. The van der Waals surface area contributed by atoms with Crippen LogP contribution in [0.15, 0.2) is 41.0 Å². The van der Waals surface area contributed by atoms with Crippen molar-refractivity contribution in [2.24, 2.45) is 0 Å². The lowest BCUT2D eigenvalue weighted by molar-refractivity contribution is -0.352. The van der Waals surface area contributed by atoms with Gasteiger partial charge in [-0.3, -0.25) is 9.53 Å². The van der Waals surface area contributed by atoms with E-state index in [-0.39, 0.29) is 30.3 Å². The molecular formula is C20H17ClF3N5O3. The van der Waals surface area contributed by atoms with E-state index in [0.29, 0.717) is 35.0 Å². The number of carbonyl (C=O) groups is 1. The molecule has 3 aromatic rings. The van der Waals surface area contributed by atoms with Gasteiger partial charge in [-0.2, -0.15) is 0 Å². The molecule has 0 unspecified atom stereocenters. The lowest BCUT2D eigenvalue weighted by Crippen LogP contribution is -2.34. The van der Waals surface area contributed by atoms with E-state index in [4.69, 9.17) is 16.0 Å². The number of aromatic nitrogens is 4. The second-order valence-corrected chi connectivity index (χ2v) is 7.81. The molecule has 1 saturated carbocycles. The van der Waals surface area contributed by atoms with Gasteiger partial charge in [0.2, 0.25) is 11.8 Å². The van der Waals surface area contributed by atoms with Gasteiger partial charge in [0.25, 0.3) is 5.91 Å². The Hall–Kier alpha value is -3.05. The van der Waals surface area contributed by atoms with Crippen LogP contribution in [-0.2, 0) is 11.2 Å². The monoisotopic (exact) mass is 467 g/mol. The van der Waals surface area contributed by atoms with Crippen molar-refractivity contribution in [1.82, 2.24) is 25.7 Å². The molecule has 4 rings (SSSR count). The second kappa shape index (κ2) is 8.83. The zero-order valence-corrected chi connectivity index (χ0v) is 17.3. The van der Waals surface area contributed by atoms with Crippen LogP contribution < -0.4 is 5.32 Å². The molecule has 1 aliphatic carbocycles. The third-order valence-electron chi connectivity index (χ3n) is 4.94. The fraction of sp³-hybridized carbons (Fsp3) is 0.350. The molecule has 1 aliphatic rings. The standard InChI is InChI=1S/C20H17ClF3N5O3/c1-10(25-18(30)16-8-11-3-4-13(21)9-15(11)26-27-16)2-5-17-28-29-19(31-17)12-6-14(7-12)32-20(22,23)24/h3-4,8-9,12,14H,1-2,5-7H2,(H,25,30)/t12-,14+. The fourth-order valence-electron chi connectivity index (χ4n) is 3.25. The number of nitrogens with zero attached hydrogens (tertiary/aromatic N) is 4. The topological polar surface area (TPSA) is 103 Å². The Bertz CT molecular complexity index is 1160. The summed E-state index contributed by atoms with van der Waals surface area (Å²) in [5, 5.41) is 19.6. The molecule has 1 fully saturated rings. The van der Waals surface area contributed by atoms with Gasteiger partial charge in [-0.15, -0.1) is 33.6 Å². The smallest absolute Gasteiger partial charge is 0.425 e. The number of nitrogens with one attached hydrogen (secondary N) is 1. The summed E-state index contributed by atoms with van der Waals surface area (Å²) in [5.74, 6) is -0.134. The minimum Gasteiger partial charge on any atom is -0.425 e. The van der Waals surface area contributed by atoms with Gasteiger partial charge in [-0.1, -0.05) is 24.2 Å². The molecule has 0 atom stereocenters. The van der Waals surface area contributed by atoms with Crippen LogP contribution in [0.25, 0.3) is 10.9 Å². The highest BCUT2D eigenvalue weighted by Crippen LogP contribution is 2.40. The van der Waals surface area contributed by atoms with Crippen LogP contribution >= 0.6 is 11.6 Å². The summed E-state index contributed by atoms with van der Waals surface area (Å²) in [7, 11) is 0. The van der Waals surface area contributed by atoms with Crippen molar-refractivity contribution in [2.45, 2.75) is 44.1 Å². The maximum atomic E-state index is 12.4. The van der Waals surface area contributed by atoms with E-state index in [9.17, 15) is 18.0 Å². The normalized spacial score (nSPS) is 18.4. The number of fused-ring (bicyclic) bond motifs is 1. The maximum absolute atomic E-state index is 12.4. The first-order valence-electron chi connectivity index (χ1n) is 9.65. The number of benzene rings is 1. The predicted octanol–water partition coefficient (Wildman–Crippen LogP) is 4.32. The number of alkyl halides is 3. The summed E-state index contributed by atoms with van der Waals surface area (Å²) in [4.78, 5) is 12.4. The van der Waals surface area contributed by atoms with E-state index in [2.05, 4.69) is 37.0 Å². The number of ether oxygens (including phenoxy) is 1. The highest BCUT2D eigenvalue weighted by Gasteiger charge is 2.42. The average Bonchev–Trinajstić information content (AvgIpc) is 3.16. The van der Waals surface area contributed by atoms with Crippen LogP contribution in [0, 0.1) is 0 Å². The van der Waals surface area contributed by atoms with Gasteiger partial charge in [0.05, 0.1) is 11.6 Å². The van der Waals surface area contributed by atoms with Crippen LogP contribution in [0.1, 0.15) is 47.5 Å². The van der Waals surface area contributed by atoms with Gasteiger partial charge in [0, 0.05) is 28.4 Å². The molecule has 8 nitrogen and oxygen atoms in total. The third kappa shape index (κ3) is 5.40. The molecule has 0 bridgehead atoms. The Morgan fingerprint density at radius 3 is 2.75 bits per heavy atom. The lowest BCUT2D eigenvalue weighted by Gasteiger charge is -2.32. The predicted molar refractivity (Wildman–Crippen MR) is 107 cm³/mol. The first kappa shape index (κ1) is 22.2. The van der Waals surface area contributed by atoms with E-state index in [1.165, 1.54) is 0 Å². The molecule has 2 aromatic heterocycles. The SMILES string of the molecule is C=C(CCc1nnc([C@H]2C[C@@H](OC(F)(F)F)C2)o1)NC(=O)c1cc2ccc(Cl)cc2nn1. The fourth-order valence-corrected chi connectivity index (χ4v) is 3.42. The molecule has 12 heteroatoms. The molecule has 1 aromatic carbocycles. The lowest BCUT2D eigenvalue weighted by atomic mass is 9.82. The van der Waals surface area contributed by atoms with E-state index < -0.39 is 18.4 Å². The number of halogens is 4. The maximum Gasteiger partial charge on any atom is 0.522 e. The van der Waals surface area contributed by atoms with E-state index in [1.807, 2.05) is 0 Å². The van der Waals surface area contributed by atoms with Crippen LogP contribution in [0.3, 0.4) is 0 Å². The highest BCUT2D eigenvalue weighted by atomic mass is 35.5. The second-order valence-electron chi connectivity index (χ2n) is 7.38. The summed E-state index contributed by atoms with van der Waals surface area (Å²) in [6.45, 7) is 3.81. The van der Waals surface area contributed by atoms with Crippen molar-refractivity contribution in [2.75, 3.05) is 0 Å². The number of hydrogen-bond acceptors (Lipinski definition) is 7. The number of carbonyl (C=O) groups excluding carboxylic acids is 1. The molecule has 2 heterocycles. The number of rotatable bonds is 7. The molecule has 0 saturated heterocycles. The van der Waals surface area contributed by atoms with Crippen molar-refractivity contribution < 1.29 is 27.1 Å². The Morgan fingerprint density at radius 2 is 2.00 bits per heavy atom. The zero-order chi connectivity index (χ0) is 22.9. The summed E-state index contributed by atoms with van der Waals surface area (Å²) >= 11 is 5.91. The average molecular weight is 468 g/mol. The van der Waals surface area contributed by atoms with Crippen LogP contribution in [0.4, 0.5) is 13.2 Å². The van der Waals surface area contributed by atoms with Crippen molar-refractivity contribution in [3.8, 4) is 0 Å². The number of hydrogen-bond donors (Lipinski definition) is 1. The van der Waals surface area contributed by atoms with Gasteiger partial charge in [-0.05, 0) is 37.5 Å². The number of allylic oxidation sites excluding steroid dienone is 1. The minimum absolute atomic E-state index is 0.127. The molecule has 0 spiro atoms. The van der Waals surface area contributed by atoms with Crippen LogP contribution in [-0.4, -0.2) is 38.8 Å². The Labute approximate surface area is 184 Å². The van der Waals surface area contributed by atoms with Crippen molar-refractivity contribution in [3.05, 3.63) is 59.0 Å². The molecular weight excluding hydrogens is 451 g/mol. The molecule has 168 valence electrons. The van der Waals surface area contributed by atoms with Crippen molar-refractivity contribution in [3.63, 3.8) is 0 Å². The van der Waals surface area contributed by atoms with E-state index in [0.717, 1.165) is 5.39 Å². The zero-order valence-electron chi connectivity index (χ0n) is 16.5.